The van der Waals surface area contributed by atoms with E-state index in [1.165, 1.54) is 29.6 Å². The molecule has 5 aliphatic rings. The maximum Gasteiger partial charge on any atom is 0.243 e. The number of nitrogens with zero attached hydrogens (tertiary/aromatic N) is 1. The summed E-state index contributed by atoms with van der Waals surface area (Å²) in [6.45, 7) is 2.56. The molecule has 0 radical (unpaired) electrons. The second-order valence-electron chi connectivity index (χ2n) is 10.3. The molecule has 1 heterocycles. The van der Waals surface area contributed by atoms with E-state index in [2.05, 4.69) is 5.32 Å². The third kappa shape index (κ3) is 3.69. The summed E-state index contributed by atoms with van der Waals surface area (Å²) in [6.07, 6.45) is 8.80. The van der Waals surface area contributed by atoms with E-state index < -0.39 is 10.0 Å². The number of sulfonamides is 1. The van der Waals surface area contributed by atoms with Crippen molar-refractivity contribution in [1.82, 2.24) is 9.62 Å². The van der Waals surface area contributed by atoms with Crippen molar-refractivity contribution in [3.8, 4) is 0 Å². The normalized spacial score (nSPS) is 36.1. The van der Waals surface area contributed by atoms with Crippen molar-refractivity contribution in [3.63, 3.8) is 0 Å². The molecule has 164 valence electrons. The van der Waals surface area contributed by atoms with Gasteiger partial charge in [0.05, 0.1) is 10.8 Å². The van der Waals surface area contributed by atoms with Gasteiger partial charge in [0.1, 0.15) is 0 Å². The molecule has 1 aromatic rings. The summed E-state index contributed by atoms with van der Waals surface area (Å²) in [5, 5.41) is 3.89. The SMILES string of the molecule is Cc1ccc(S(=O)(=O)N2CCC[C@H](C(=O)NC34CC5CC(CC(C5)C3)C4)C2)cc1Cl. The topological polar surface area (TPSA) is 66.5 Å². The van der Waals surface area contributed by atoms with E-state index in [-0.39, 0.29) is 28.8 Å². The van der Waals surface area contributed by atoms with Crippen molar-refractivity contribution < 1.29 is 13.2 Å². The minimum absolute atomic E-state index is 0.0303. The highest BCUT2D eigenvalue weighted by atomic mass is 35.5. The Bertz CT molecular complexity index is 926. The number of hydrogen-bond donors (Lipinski definition) is 1. The van der Waals surface area contributed by atoms with Gasteiger partial charge in [-0.1, -0.05) is 17.7 Å². The van der Waals surface area contributed by atoms with Gasteiger partial charge in [-0.3, -0.25) is 4.79 Å². The molecule has 5 fully saturated rings. The Balaban J connectivity index is 1.29. The maximum atomic E-state index is 13.2. The van der Waals surface area contributed by atoms with Gasteiger partial charge in [-0.25, -0.2) is 8.42 Å². The minimum Gasteiger partial charge on any atom is -0.350 e. The van der Waals surface area contributed by atoms with Crippen molar-refractivity contribution in [1.29, 1.82) is 0 Å². The van der Waals surface area contributed by atoms with Crippen molar-refractivity contribution in [3.05, 3.63) is 28.8 Å². The number of aryl methyl sites for hydroxylation is 1. The van der Waals surface area contributed by atoms with Crippen LogP contribution in [-0.2, 0) is 14.8 Å². The van der Waals surface area contributed by atoms with Crippen LogP contribution >= 0.6 is 11.6 Å². The molecule has 7 heteroatoms. The van der Waals surface area contributed by atoms with E-state index in [1.54, 1.807) is 12.1 Å². The van der Waals surface area contributed by atoms with Gasteiger partial charge in [0.25, 0.3) is 0 Å². The number of nitrogens with one attached hydrogen (secondary N) is 1. The second-order valence-corrected chi connectivity index (χ2v) is 12.6. The first kappa shape index (κ1) is 20.8. The molecule has 30 heavy (non-hydrogen) atoms. The molecule has 0 unspecified atom stereocenters. The average Bonchev–Trinajstić information content (AvgIpc) is 2.68. The maximum absolute atomic E-state index is 13.2. The van der Waals surface area contributed by atoms with Crippen LogP contribution in [0.4, 0.5) is 0 Å². The second kappa shape index (κ2) is 7.49. The van der Waals surface area contributed by atoms with Crippen molar-refractivity contribution in [2.24, 2.45) is 23.7 Å². The zero-order valence-electron chi connectivity index (χ0n) is 17.6. The van der Waals surface area contributed by atoms with Crippen LogP contribution in [0.2, 0.25) is 5.02 Å². The Morgan fingerprint density at radius 3 is 2.37 bits per heavy atom. The fraction of sp³-hybridized carbons (Fsp3) is 0.696. The highest BCUT2D eigenvalue weighted by molar-refractivity contribution is 7.89. The van der Waals surface area contributed by atoms with Crippen LogP contribution < -0.4 is 5.32 Å². The number of benzene rings is 1. The Hall–Kier alpha value is -1.11. The van der Waals surface area contributed by atoms with Crippen LogP contribution in [0.3, 0.4) is 0 Å². The monoisotopic (exact) mass is 450 g/mol. The van der Waals surface area contributed by atoms with Crippen LogP contribution in [0.15, 0.2) is 23.1 Å². The summed E-state index contributed by atoms with van der Waals surface area (Å²) in [5.41, 5.74) is 0.819. The summed E-state index contributed by atoms with van der Waals surface area (Å²) < 4.78 is 27.8. The highest BCUT2D eigenvalue weighted by Gasteiger charge is 2.52. The van der Waals surface area contributed by atoms with Gasteiger partial charge in [0, 0.05) is 23.7 Å². The van der Waals surface area contributed by atoms with Gasteiger partial charge >= 0.3 is 0 Å². The van der Waals surface area contributed by atoms with E-state index in [1.807, 2.05) is 6.92 Å². The van der Waals surface area contributed by atoms with Crippen molar-refractivity contribution >= 4 is 27.5 Å². The first-order chi connectivity index (χ1) is 14.2. The number of carbonyl (C=O) groups is 1. The lowest BCUT2D eigenvalue weighted by atomic mass is 9.53. The van der Waals surface area contributed by atoms with Crippen LogP contribution in [0, 0.1) is 30.6 Å². The van der Waals surface area contributed by atoms with Gasteiger partial charge < -0.3 is 5.32 Å². The van der Waals surface area contributed by atoms with Gasteiger partial charge in [0.15, 0.2) is 0 Å². The minimum atomic E-state index is -3.65. The summed E-state index contributed by atoms with van der Waals surface area (Å²) in [4.78, 5) is 13.4. The number of amides is 1. The molecule has 1 atom stereocenters. The molecule has 1 aliphatic heterocycles. The number of piperidine rings is 1. The van der Waals surface area contributed by atoms with E-state index in [4.69, 9.17) is 11.6 Å². The third-order valence-corrected chi connectivity index (χ3v) is 10.2. The predicted molar refractivity (Wildman–Crippen MR) is 117 cm³/mol. The zero-order chi connectivity index (χ0) is 21.1. The van der Waals surface area contributed by atoms with Crippen molar-refractivity contribution in [2.45, 2.75) is 68.7 Å². The number of rotatable bonds is 4. The van der Waals surface area contributed by atoms with Crippen LogP contribution in [0.25, 0.3) is 0 Å². The lowest BCUT2D eigenvalue weighted by molar-refractivity contribution is -0.131. The molecule has 6 rings (SSSR count). The Morgan fingerprint density at radius 2 is 1.77 bits per heavy atom. The predicted octanol–water partition coefficient (Wildman–Crippen LogP) is 4.13. The Kier molecular flexibility index (Phi) is 5.19. The summed E-state index contributed by atoms with van der Waals surface area (Å²) >= 11 is 6.16. The molecule has 0 spiro atoms. The fourth-order valence-corrected chi connectivity index (χ4v) is 8.68. The fourth-order valence-electron chi connectivity index (χ4n) is 6.88. The van der Waals surface area contributed by atoms with Gasteiger partial charge in [-0.05, 0) is 93.7 Å². The number of hydrogen-bond acceptors (Lipinski definition) is 3. The molecule has 5 nitrogen and oxygen atoms in total. The third-order valence-electron chi connectivity index (χ3n) is 7.96. The average molecular weight is 451 g/mol. The van der Waals surface area contributed by atoms with Crippen LogP contribution in [-0.4, -0.2) is 37.3 Å². The Morgan fingerprint density at radius 1 is 1.13 bits per heavy atom. The molecule has 0 aromatic heterocycles. The molecule has 1 amide bonds. The zero-order valence-corrected chi connectivity index (χ0v) is 19.1. The van der Waals surface area contributed by atoms with Gasteiger partial charge in [0.2, 0.25) is 15.9 Å². The lowest BCUT2D eigenvalue weighted by Crippen LogP contribution is -2.61. The summed E-state index contributed by atoms with van der Waals surface area (Å²) in [6, 6.07) is 4.86. The van der Waals surface area contributed by atoms with E-state index in [9.17, 15) is 13.2 Å². The highest BCUT2D eigenvalue weighted by Crippen LogP contribution is 2.55. The van der Waals surface area contributed by atoms with Crippen molar-refractivity contribution in [2.75, 3.05) is 13.1 Å². The standard InChI is InChI=1S/C23H31ClN2O3S/c1-15-4-5-20(10-21(15)24)30(28,29)26-6-2-3-19(14-26)22(27)25-23-11-16-7-17(12-23)9-18(8-16)13-23/h4-5,10,16-19H,2-3,6-9,11-14H2,1H3,(H,25,27)/t16?,17?,18?,19-,23?/m0/s1. The Labute approximate surface area is 184 Å². The molecular weight excluding hydrogens is 420 g/mol. The van der Waals surface area contributed by atoms with E-state index in [0.717, 1.165) is 49.0 Å². The van der Waals surface area contributed by atoms with Crippen LogP contribution in [0.5, 0.6) is 0 Å². The molecule has 1 saturated heterocycles. The van der Waals surface area contributed by atoms with Crippen LogP contribution in [0.1, 0.15) is 56.9 Å². The molecule has 1 N–H and O–H groups in total. The van der Waals surface area contributed by atoms with Gasteiger partial charge in [-0.2, -0.15) is 4.31 Å². The number of carbonyl (C=O) groups excluding carboxylic acids is 1. The molecular formula is C23H31ClN2O3S. The molecule has 4 bridgehead atoms. The molecule has 4 saturated carbocycles. The first-order valence-electron chi connectivity index (χ1n) is 11.3. The van der Waals surface area contributed by atoms with Gasteiger partial charge in [-0.15, -0.1) is 0 Å². The number of halogens is 1. The first-order valence-corrected chi connectivity index (χ1v) is 13.1. The van der Waals surface area contributed by atoms with E-state index in [0.29, 0.717) is 18.0 Å². The van der Waals surface area contributed by atoms with E-state index >= 15 is 0 Å². The largest absolute Gasteiger partial charge is 0.350 e. The quantitative estimate of drug-likeness (QED) is 0.749. The smallest absolute Gasteiger partial charge is 0.243 e. The summed E-state index contributed by atoms with van der Waals surface area (Å²) in [7, 11) is -3.65. The molecule has 4 aliphatic carbocycles. The summed E-state index contributed by atoms with van der Waals surface area (Å²) in [5.74, 6) is 2.09. The lowest BCUT2D eigenvalue weighted by Gasteiger charge is -2.57. The molecule has 1 aromatic carbocycles.